The Bertz CT molecular complexity index is 572. The second-order valence-corrected chi connectivity index (χ2v) is 9.55. The number of likely N-dealkylation sites (tertiary alicyclic amines) is 1. The highest BCUT2D eigenvalue weighted by molar-refractivity contribution is 7.90. The van der Waals surface area contributed by atoms with Gasteiger partial charge in [-0.05, 0) is 31.4 Å². The lowest BCUT2D eigenvalue weighted by molar-refractivity contribution is 0.176. The van der Waals surface area contributed by atoms with Gasteiger partial charge in [0.2, 0.25) is 0 Å². The Morgan fingerprint density at radius 3 is 2.71 bits per heavy atom. The number of nitrogens with zero attached hydrogens (tertiary/aromatic N) is 2. The summed E-state index contributed by atoms with van der Waals surface area (Å²) in [6, 6.07) is 2.13. The van der Waals surface area contributed by atoms with Crippen LogP contribution < -0.4 is 0 Å². The highest BCUT2D eigenvalue weighted by Gasteiger charge is 2.24. The summed E-state index contributed by atoms with van der Waals surface area (Å²) in [4.78, 5) is 2.33. The fourth-order valence-corrected chi connectivity index (χ4v) is 4.06. The van der Waals surface area contributed by atoms with Crippen LogP contribution in [0.5, 0.6) is 0 Å². The largest absolute Gasteiger partial charge is 0.297 e. The molecule has 0 aliphatic carbocycles. The van der Waals surface area contributed by atoms with Crippen molar-refractivity contribution >= 4 is 9.84 Å². The first-order valence-corrected chi connectivity index (χ1v) is 9.64. The minimum absolute atomic E-state index is 0.0511. The van der Waals surface area contributed by atoms with E-state index in [1.165, 1.54) is 6.26 Å². The molecule has 0 radical (unpaired) electrons. The molecule has 21 heavy (non-hydrogen) atoms. The molecule has 0 spiro atoms. The Hall–Kier alpha value is -0.880. The summed E-state index contributed by atoms with van der Waals surface area (Å²) in [7, 11) is -2.88. The molecule has 0 bridgehead atoms. The number of aromatic amines is 1. The second-order valence-electron chi connectivity index (χ2n) is 7.36. The van der Waals surface area contributed by atoms with Crippen LogP contribution in [-0.2, 0) is 21.8 Å². The Balaban J connectivity index is 1.95. The smallest absolute Gasteiger partial charge is 0.147 e. The normalized spacial score (nSPS) is 21.6. The molecular formula is C15H27N3O2S. The van der Waals surface area contributed by atoms with Gasteiger partial charge >= 0.3 is 0 Å². The van der Waals surface area contributed by atoms with Crippen molar-refractivity contribution in [2.75, 3.05) is 25.1 Å². The molecule has 2 heterocycles. The predicted molar refractivity (Wildman–Crippen MR) is 85.0 cm³/mol. The van der Waals surface area contributed by atoms with Crippen LogP contribution in [0.3, 0.4) is 0 Å². The third-order valence-corrected chi connectivity index (χ3v) is 5.01. The van der Waals surface area contributed by atoms with Gasteiger partial charge in [0, 0.05) is 30.5 Å². The molecule has 5 nitrogen and oxygen atoms in total. The van der Waals surface area contributed by atoms with Gasteiger partial charge in [-0.2, -0.15) is 5.10 Å². The topological polar surface area (TPSA) is 66.1 Å². The van der Waals surface area contributed by atoms with Crippen molar-refractivity contribution in [2.45, 2.75) is 45.6 Å². The van der Waals surface area contributed by atoms with Crippen molar-refractivity contribution in [1.29, 1.82) is 0 Å². The summed E-state index contributed by atoms with van der Waals surface area (Å²) >= 11 is 0. The van der Waals surface area contributed by atoms with Gasteiger partial charge in [-0.1, -0.05) is 20.8 Å². The zero-order valence-corrected chi connectivity index (χ0v) is 14.3. The van der Waals surface area contributed by atoms with Gasteiger partial charge in [0.05, 0.1) is 11.4 Å². The van der Waals surface area contributed by atoms with Gasteiger partial charge in [-0.25, -0.2) is 8.42 Å². The highest BCUT2D eigenvalue weighted by atomic mass is 32.2. The SMILES string of the molecule is CC(C)(C)c1cc(CN2CCC[C@@H](CS(C)(=O)=O)C2)[nH]n1. The van der Waals surface area contributed by atoms with Crippen LogP contribution in [0.15, 0.2) is 6.07 Å². The van der Waals surface area contributed by atoms with E-state index in [0.717, 1.165) is 43.9 Å². The van der Waals surface area contributed by atoms with Gasteiger partial charge in [0.15, 0.2) is 0 Å². The number of piperidine rings is 1. The number of rotatable bonds is 4. The third-order valence-electron chi connectivity index (χ3n) is 3.93. The van der Waals surface area contributed by atoms with Gasteiger partial charge in [0.1, 0.15) is 9.84 Å². The summed E-state index contributed by atoms with van der Waals surface area (Å²) in [6.45, 7) is 9.16. The van der Waals surface area contributed by atoms with Gasteiger partial charge in [-0.15, -0.1) is 0 Å². The lowest BCUT2D eigenvalue weighted by atomic mass is 9.92. The van der Waals surface area contributed by atoms with Crippen molar-refractivity contribution in [1.82, 2.24) is 15.1 Å². The molecule has 6 heteroatoms. The number of sulfone groups is 1. The van der Waals surface area contributed by atoms with E-state index in [9.17, 15) is 8.42 Å². The molecule has 1 aromatic heterocycles. The van der Waals surface area contributed by atoms with Crippen LogP contribution in [0.2, 0.25) is 0 Å². The van der Waals surface area contributed by atoms with E-state index >= 15 is 0 Å². The number of H-pyrrole nitrogens is 1. The summed E-state index contributed by atoms with van der Waals surface area (Å²) in [5.74, 6) is 0.568. The zero-order chi connectivity index (χ0) is 15.7. The first-order chi connectivity index (χ1) is 9.63. The molecule has 0 unspecified atom stereocenters. The van der Waals surface area contributed by atoms with Crippen LogP contribution in [0.25, 0.3) is 0 Å². The Labute approximate surface area is 128 Å². The average molecular weight is 313 g/mol. The molecule has 1 aliphatic rings. The average Bonchev–Trinajstić information content (AvgIpc) is 2.75. The van der Waals surface area contributed by atoms with Crippen molar-refractivity contribution in [3.63, 3.8) is 0 Å². The van der Waals surface area contributed by atoms with Crippen LogP contribution >= 0.6 is 0 Å². The van der Waals surface area contributed by atoms with E-state index in [-0.39, 0.29) is 11.3 Å². The Morgan fingerprint density at radius 2 is 2.14 bits per heavy atom. The molecule has 1 fully saturated rings. The fourth-order valence-electron chi connectivity index (χ4n) is 2.93. The number of aromatic nitrogens is 2. The predicted octanol–water partition coefficient (Wildman–Crippen LogP) is 1.96. The lowest BCUT2D eigenvalue weighted by Gasteiger charge is -2.31. The van der Waals surface area contributed by atoms with Crippen molar-refractivity contribution in [2.24, 2.45) is 5.92 Å². The third kappa shape index (κ3) is 5.11. The van der Waals surface area contributed by atoms with E-state index in [4.69, 9.17) is 0 Å². The van der Waals surface area contributed by atoms with Gasteiger partial charge in [0.25, 0.3) is 0 Å². The number of hydrogen-bond acceptors (Lipinski definition) is 4. The van der Waals surface area contributed by atoms with Crippen LogP contribution in [0, 0.1) is 5.92 Å². The lowest BCUT2D eigenvalue weighted by Crippen LogP contribution is -2.37. The zero-order valence-electron chi connectivity index (χ0n) is 13.5. The Morgan fingerprint density at radius 1 is 1.43 bits per heavy atom. The second kappa shape index (κ2) is 6.08. The van der Waals surface area contributed by atoms with Crippen LogP contribution in [0.1, 0.15) is 45.0 Å². The molecule has 0 aromatic carbocycles. The molecule has 1 aliphatic heterocycles. The maximum absolute atomic E-state index is 11.4. The van der Waals surface area contributed by atoms with E-state index in [1.807, 2.05) is 0 Å². The molecule has 2 rings (SSSR count). The quantitative estimate of drug-likeness (QED) is 0.923. The first-order valence-electron chi connectivity index (χ1n) is 7.58. The van der Waals surface area contributed by atoms with Crippen molar-refractivity contribution in [3.8, 4) is 0 Å². The summed E-state index contributed by atoms with van der Waals surface area (Å²) in [5.41, 5.74) is 2.23. The summed E-state index contributed by atoms with van der Waals surface area (Å²) in [6.07, 6.45) is 3.41. The first kappa shape index (κ1) is 16.5. The van der Waals surface area contributed by atoms with E-state index in [2.05, 4.69) is 41.9 Å². The molecular weight excluding hydrogens is 286 g/mol. The number of nitrogens with one attached hydrogen (secondary N) is 1. The minimum atomic E-state index is -2.88. The molecule has 1 N–H and O–H groups in total. The minimum Gasteiger partial charge on any atom is -0.297 e. The molecule has 1 saturated heterocycles. The monoisotopic (exact) mass is 313 g/mol. The molecule has 120 valence electrons. The molecule has 0 amide bonds. The fraction of sp³-hybridized carbons (Fsp3) is 0.800. The highest BCUT2D eigenvalue weighted by Crippen LogP contribution is 2.23. The maximum Gasteiger partial charge on any atom is 0.147 e. The van der Waals surface area contributed by atoms with Crippen LogP contribution in [0.4, 0.5) is 0 Å². The van der Waals surface area contributed by atoms with Gasteiger partial charge < -0.3 is 0 Å². The standard InChI is InChI=1S/C15H27N3O2S/c1-15(2,3)14-8-13(16-17-14)10-18-7-5-6-12(9-18)11-21(4,19)20/h8,12H,5-7,9-11H2,1-4H3,(H,16,17)/t12-/m1/s1. The molecule has 0 saturated carbocycles. The van der Waals surface area contributed by atoms with Crippen LogP contribution in [-0.4, -0.2) is 48.6 Å². The molecule has 1 atom stereocenters. The van der Waals surface area contributed by atoms with E-state index in [1.54, 1.807) is 0 Å². The van der Waals surface area contributed by atoms with E-state index in [0.29, 0.717) is 5.75 Å². The van der Waals surface area contributed by atoms with Crippen molar-refractivity contribution in [3.05, 3.63) is 17.5 Å². The summed E-state index contributed by atoms with van der Waals surface area (Å²) in [5, 5.41) is 7.50. The summed E-state index contributed by atoms with van der Waals surface area (Å²) < 4.78 is 22.9. The van der Waals surface area contributed by atoms with Crippen molar-refractivity contribution < 1.29 is 8.42 Å². The Kier molecular flexibility index (Phi) is 4.78. The number of hydrogen-bond donors (Lipinski definition) is 1. The molecule has 1 aromatic rings. The van der Waals surface area contributed by atoms with E-state index < -0.39 is 9.84 Å². The maximum atomic E-state index is 11.4. The van der Waals surface area contributed by atoms with Gasteiger partial charge in [-0.3, -0.25) is 10.00 Å².